The Hall–Kier alpha value is -2.37. The van der Waals surface area contributed by atoms with Gasteiger partial charge in [0.05, 0.1) is 13.2 Å². The van der Waals surface area contributed by atoms with Crippen molar-refractivity contribution >= 4 is 11.7 Å². The van der Waals surface area contributed by atoms with E-state index in [0.717, 1.165) is 0 Å². The van der Waals surface area contributed by atoms with Gasteiger partial charge in [0.25, 0.3) is 0 Å². The van der Waals surface area contributed by atoms with Crippen molar-refractivity contribution in [2.45, 2.75) is 20.0 Å². The third-order valence-electron chi connectivity index (χ3n) is 2.28. The van der Waals surface area contributed by atoms with E-state index in [1.54, 1.807) is 18.2 Å². The molecule has 6 heteroatoms. The number of nitroso groups, excluding NO2 is 1. The Morgan fingerprint density at radius 3 is 2.50 bits per heavy atom. The van der Waals surface area contributed by atoms with E-state index in [1.165, 1.54) is 7.11 Å². The van der Waals surface area contributed by atoms with E-state index in [0.29, 0.717) is 17.1 Å². The molecule has 0 spiro atoms. The number of ether oxygens (including phenoxy) is 3. The summed E-state index contributed by atoms with van der Waals surface area (Å²) in [5.74, 6) is 0.365. The molecule has 20 heavy (non-hydrogen) atoms. The largest absolute Gasteiger partial charge is 0.491 e. The van der Waals surface area contributed by atoms with Crippen LogP contribution in [0.5, 0.6) is 11.5 Å². The Morgan fingerprint density at radius 1 is 1.30 bits per heavy atom. The Kier molecular flexibility index (Phi) is 5.71. The first-order chi connectivity index (χ1) is 9.46. The zero-order valence-electron chi connectivity index (χ0n) is 11.7. The summed E-state index contributed by atoms with van der Waals surface area (Å²) in [5.41, 5.74) is 0.528. The Bertz CT molecular complexity index is 510. The number of methoxy groups -OCH3 is 1. The van der Waals surface area contributed by atoms with Gasteiger partial charge in [-0.3, -0.25) is 0 Å². The van der Waals surface area contributed by atoms with Crippen LogP contribution in [0.4, 0.5) is 0 Å². The summed E-state index contributed by atoms with van der Waals surface area (Å²) in [6.07, 6.45) is -0.0452. The van der Waals surface area contributed by atoms with Crippen LogP contribution in [0.2, 0.25) is 0 Å². The number of hydrogen-bond acceptors (Lipinski definition) is 6. The van der Waals surface area contributed by atoms with Gasteiger partial charge in [0, 0.05) is 11.6 Å². The van der Waals surface area contributed by atoms with Gasteiger partial charge in [0.1, 0.15) is 17.2 Å². The molecule has 0 saturated heterocycles. The van der Waals surface area contributed by atoms with Gasteiger partial charge < -0.3 is 14.2 Å². The summed E-state index contributed by atoms with van der Waals surface area (Å²) in [4.78, 5) is 21.6. The minimum Gasteiger partial charge on any atom is -0.491 e. The van der Waals surface area contributed by atoms with Crippen LogP contribution in [-0.4, -0.2) is 25.8 Å². The normalized spacial score (nSPS) is 10.0. The number of carbonyl (C=O) groups is 1. The second kappa shape index (κ2) is 7.28. The second-order valence-electron chi connectivity index (χ2n) is 4.26. The molecule has 108 valence electrons. The van der Waals surface area contributed by atoms with E-state index in [4.69, 9.17) is 9.47 Å². The van der Waals surface area contributed by atoms with Gasteiger partial charge in [-0.05, 0) is 31.2 Å². The van der Waals surface area contributed by atoms with Crippen molar-refractivity contribution in [2.75, 3.05) is 13.7 Å². The number of hydrogen-bond donors (Lipinski definition) is 0. The van der Waals surface area contributed by atoms with Crippen LogP contribution in [0.1, 0.15) is 19.4 Å². The molecule has 1 rings (SSSR count). The fourth-order valence-corrected chi connectivity index (χ4v) is 1.42. The lowest BCUT2D eigenvalue weighted by Crippen LogP contribution is -2.13. The predicted molar refractivity (Wildman–Crippen MR) is 74.5 cm³/mol. The highest BCUT2D eigenvalue weighted by atomic mass is 16.6. The lowest BCUT2D eigenvalue weighted by atomic mass is 10.1. The molecule has 0 atom stereocenters. The molecular formula is C14H17NO5. The molecule has 0 saturated carbocycles. The summed E-state index contributed by atoms with van der Waals surface area (Å²) in [7, 11) is 1.27. The zero-order chi connectivity index (χ0) is 15.1. The fraction of sp³-hybridized carbons (Fsp3) is 0.357. The molecule has 0 N–H and O–H groups in total. The van der Waals surface area contributed by atoms with Crippen molar-refractivity contribution in [3.63, 3.8) is 0 Å². The molecule has 0 aliphatic rings. The highest BCUT2D eigenvalue weighted by Gasteiger charge is 2.09. The minimum atomic E-state index is -0.505. The molecule has 0 unspecified atom stereocenters. The summed E-state index contributed by atoms with van der Waals surface area (Å²) in [6, 6.07) is 4.80. The maximum atomic E-state index is 11.1. The Labute approximate surface area is 117 Å². The van der Waals surface area contributed by atoms with Crippen molar-refractivity contribution in [1.82, 2.24) is 0 Å². The van der Waals surface area contributed by atoms with Gasteiger partial charge in [0.2, 0.25) is 0 Å². The predicted octanol–water partition coefficient (Wildman–Crippen LogP) is 2.76. The quantitative estimate of drug-likeness (QED) is 0.566. The maximum Gasteiger partial charge on any atom is 0.343 e. The number of benzene rings is 1. The van der Waals surface area contributed by atoms with Crippen molar-refractivity contribution in [3.05, 3.63) is 35.2 Å². The molecule has 0 aliphatic carbocycles. The summed E-state index contributed by atoms with van der Waals surface area (Å²) >= 11 is 0. The number of rotatable bonds is 7. The average molecular weight is 279 g/mol. The minimum absolute atomic E-state index is 0.0452. The van der Waals surface area contributed by atoms with Crippen molar-refractivity contribution in [1.29, 1.82) is 0 Å². The molecule has 0 radical (unpaired) electrons. The molecule has 0 bridgehead atoms. The molecule has 0 heterocycles. The number of carbonyl (C=O) groups excluding carboxylic acids is 1. The SMILES string of the molecule is C=C(N=O)c1cc(OCC(=O)OC)cc(OC(C)C)c1. The molecule has 0 aliphatic heterocycles. The lowest BCUT2D eigenvalue weighted by molar-refractivity contribution is -0.142. The first kappa shape index (κ1) is 15.7. The first-order valence-corrected chi connectivity index (χ1v) is 6.00. The highest BCUT2D eigenvalue weighted by molar-refractivity contribution is 5.71. The standard InChI is InChI=1S/C14H17NO5/c1-9(2)20-13-6-11(10(3)15-17)5-12(7-13)19-8-14(16)18-4/h5-7,9H,3,8H2,1-2,4H3. The van der Waals surface area contributed by atoms with E-state index in [9.17, 15) is 9.70 Å². The number of nitrogens with zero attached hydrogens (tertiary/aromatic N) is 1. The Balaban J connectivity index is 2.99. The van der Waals surface area contributed by atoms with Gasteiger partial charge in [0.15, 0.2) is 6.61 Å². The number of esters is 1. The van der Waals surface area contributed by atoms with Crippen molar-refractivity contribution in [2.24, 2.45) is 5.18 Å². The monoisotopic (exact) mass is 279 g/mol. The van der Waals surface area contributed by atoms with Crippen LogP contribution in [0, 0.1) is 4.91 Å². The second-order valence-corrected chi connectivity index (χ2v) is 4.26. The van der Waals surface area contributed by atoms with E-state index < -0.39 is 5.97 Å². The molecule has 0 amide bonds. The van der Waals surface area contributed by atoms with Crippen LogP contribution in [0.25, 0.3) is 5.70 Å². The molecule has 1 aromatic rings. The van der Waals surface area contributed by atoms with Crippen LogP contribution in [0.3, 0.4) is 0 Å². The van der Waals surface area contributed by atoms with Crippen LogP contribution >= 0.6 is 0 Å². The van der Waals surface area contributed by atoms with Gasteiger partial charge in [-0.25, -0.2) is 4.79 Å². The smallest absolute Gasteiger partial charge is 0.343 e. The topological polar surface area (TPSA) is 74.2 Å². The fourth-order valence-electron chi connectivity index (χ4n) is 1.42. The van der Waals surface area contributed by atoms with Crippen LogP contribution in [0.15, 0.2) is 30.0 Å². The average Bonchev–Trinajstić information content (AvgIpc) is 2.42. The molecule has 0 fully saturated rings. The third-order valence-corrected chi connectivity index (χ3v) is 2.28. The van der Waals surface area contributed by atoms with Gasteiger partial charge >= 0.3 is 5.97 Å². The van der Waals surface area contributed by atoms with Crippen molar-refractivity contribution in [3.8, 4) is 11.5 Å². The highest BCUT2D eigenvalue weighted by Crippen LogP contribution is 2.27. The molecule has 0 aromatic heterocycles. The van der Waals surface area contributed by atoms with Gasteiger partial charge in [-0.2, -0.15) is 0 Å². The molecule has 6 nitrogen and oxygen atoms in total. The van der Waals surface area contributed by atoms with E-state index in [2.05, 4.69) is 16.5 Å². The Morgan fingerprint density at radius 2 is 1.95 bits per heavy atom. The van der Waals surface area contributed by atoms with E-state index >= 15 is 0 Å². The molecule has 1 aromatic carbocycles. The van der Waals surface area contributed by atoms with Crippen LogP contribution < -0.4 is 9.47 Å². The third kappa shape index (κ3) is 4.72. The van der Waals surface area contributed by atoms with Gasteiger partial charge in [-0.1, -0.05) is 6.58 Å². The maximum absolute atomic E-state index is 11.1. The lowest BCUT2D eigenvalue weighted by Gasteiger charge is -2.13. The summed E-state index contributed by atoms with van der Waals surface area (Å²) in [5, 5.41) is 2.78. The summed E-state index contributed by atoms with van der Waals surface area (Å²) < 4.78 is 15.3. The first-order valence-electron chi connectivity index (χ1n) is 6.00. The van der Waals surface area contributed by atoms with E-state index in [-0.39, 0.29) is 18.4 Å². The zero-order valence-corrected chi connectivity index (χ0v) is 11.7. The van der Waals surface area contributed by atoms with Crippen molar-refractivity contribution < 1.29 is 19.0 Å². The van der Waals surface area contributed by atoms with Gasteiger partial charge in [-0.15, -0.1) is 4.91 Å². The summed E-state index contributed by atoms with van der Waals surface area (Å²) in [6.45, 7) is 7.04. The molecular weight excluding hydrogens is 262 g/mol. The van der Waals surface area contributed by atoms with Crippen LogP contribution in [-0.2, 0) is 9.53 Å². The van der Waals surface area contributed by atoms with E-state index in [1.807, 2.05) is 13.8 Å².